The predicted octanol–water partition coefficient (Wildman–Crippen LogP) is 3.13. The van der Waals surface area contributed by atoms with Gasteiger partial charge in [-0.15, -0.1) is 0 Å². The van der Waals surface area contributed by atoms with Crippen LogP contribution in [0.4, 0.5) is 5.82 Å². The van der Waals surface area contributed by atoms with E-state index >= 15 is 0 Å². The van der Waals surface area contributed by atoms with Gasteiger partial charge >= 0.3 is 0 Å². The minimum atomic E-state index is -0.340. The molecule has 1 aromatic heterocycles. The Hall–Kier alpha value is -1.80. The number of thioether (sulfide) groups is 1. The van der Waals surface area contributed by atoms with Crippen molar-refractivity contribution in [1.29, 1.82) is 0 Å². The van der Waals surface area contributed by atoms with E-state index in [2.05, 4.69) is 31.2 Å². The summed E-state index contributed by atoms with van der Waals surface area (Å²) in [5.74, 6) is 1.34. The van der Waals surface area contributed by atoms with E-state index in [1.165, 1.54) is 11.8 Å². The van der Waals surface area contributed by atoms with Gasteiger partial charge in [0.05, 0.1) is 17.1 Å². The molecule has 1 aliphatic rings. The largest absolute Gasteiger partial charge is 0.496 e. The first-order valence-corrected chi connectivity index (χ1v) is 9.21. The quantitative estimate of drug-likeness (QED) is 0.598. The zero-order valence-electron chi connectivity index (χ0n) is 13.2. The molecule has 24 heavy (non-hydrogen) atoms. The highest BCUT2D eigenvalue weighted by atomic mass is 79.9. The number of aromatic amines is 1. The number of hydrogen-bond donors (Lipinski definition) is 2. The second-order valence-electron chi connectivity index (χ2n) is 5.27. The maximum atomic E-state index is 12.6. The molecule has 0 bridgehead atoms. The number of benzene rings is 1. The van der Waals surface area contributed by atoms with Crippen LogP contribution in [0.2, 0.25) is 0 Å². The number of hydrogen-bond acceptors (Lipinski definition) is 5. The Bertz CT molecular complexity index is 853. The van der Waals surface area contributed by atoms with Gasteiger partial charge in [-0.1, -0.05) is 24.8 Å². The summed E-state index contributed by atoms with van der Waals surface area (Å²) < 4.78 is 6.01. The molecule has 3 rings (SSSR count). The number of anilines is 1. The molecule has 0 saturated heterocycles. The van der Waals surface area contributed by atoms with Crippen molar-refractivity contribution in [3.63, 3.8) is 0 Å². The van der Waals surface area contributed by atoms with Crippen molar-refractivity contribution in [2.75, 3.05) is 18.2 Å². The van der Waals surface area contributed by atoms with E-state index in [1.807, 2.05) is 25.1 Å². The average molecular weight is 410 g/mol. The lowest BCUT2D eigenvalue weighted by Crippen LogP contribution is -2.31. The zero-order chi connectivity index (χ0) is 17.3. The van der Waals surface area contributed by atoms with Crippen LogP contribution in [0.1, 0.15) is 30.4 Å². The highest BCUT2D eigenvalue weighted by Gasteiger charge is 2.31. The number of methoxy groups -OCH3 is 1. The molecule has 6 nitrogen and oxygen atoms in total. The second kappa shape index (κ2) is 6.98. The number of carbonyl (C=O) groups is 1. The molecule has 2 N–H and O–H groups in total. The minimum Gasteiger partial charge on any atom is -0.496 e. The zero-order valence-corrected chi connectivity index (χ0v) is 15.6. The third-order valence-corrected chi connectivity index (χ3v) is 5.16. The third kappa shape index (κ3) is 3.21. The molecular weight excluding hydrogens is 394 g/mol. The summed E-state index contributed by atoms with van der Waals surface area (Å²) in [4.78, 5) is 31.8. The van der Waals surface area contributed by atoms with Gasteiger partial charge in [-0.25, -0.2) is 4.98 Å². The van der Waals surface area contributed by atoms with Crippen LogP contribution in [0.3, 0.4) is 0 Å². The van der Waals surface area contributed by atoms with E-state index in [0.717, 1.165) is 15.8 Å². The Balaban J connectivity index is 2.10. The third-order valence-electron chi connectivity index (χ3n) is 3.79. The van der Waals surface area contributed by atoms with Gasteiger partial charge in [0.1, 0.15) is 11.6 Å². The van der Waals surface area contributed by atoms with Crippen LogP contribution >= 0.6 is 27.7 Å². The molecule has 0 unspecified atom stereocenters. The highest BCUT2D eigenvalue weighted by molar-refractivity contribution is 9.10. The number of halogens is 1. The summed E-state index contributed by atoms with van der Waals surface area (Å²) in [5.41, 5.74) is 1.14. The van der Waals surface area contributed by atoms with Gasteiger partial charge in [0.2, 0.25) is 5.91 Å². The normalized spacial score (nSPS) is 16.5. The molecule has 1 atom stereocenters. The summed E-state index contributed by atoms with van der Waals surface area (Å²) in [7, 11) is 1.59. The maximum Gasteiger partial charge on any atom is 0.257 e. The second-order valence-corrected chi connectivity index (χ2v) is 7.37. The van der Waals surface area contributed by atoms with Crippen LogP contribution in [-0.4, -0.2) is 28.7 Å². The molecule has 2 aromatic rings. The standard InChI is InChI=1S/C16H16BrN3O3S/c1-3-24-16-19-14-13(15(22)20-16)9(7-12(21)18-14)8-4-5-11(23-2)10(17)6-8/h4-6,9H,3,7H2,1-2H3,(H2,18,19,20,21,22)/t9-/m1/s1. The van der Waals surface area contributed by atoms with Crippen LogP contribution in [0, 0.1) is 0 Å². The van der Waals surface area contributed by atoms with Gasteiger partial charge in [-0.05, 0) is 39.4 Å². The molecule has 0 fully saturated rings. The molecule has 0 spiro atoms. The van der Waals surface area contributed by atoms with Crippen molar-refractivity contribution in [2.24, 2.45) is 0 Å². The Kier molecular flexibility index (Phi) is 4.96. The van der Waals surface area contributed by atoms with Gasteiger partial charge in [-0.3, -0.25) is 9.59 Å². The number of aromatic nitrogens is 2. The molecule has 1 amide bonds. The van der Waals surface area contributed by atoms with Crippen molar-refractivity contribution in [3.8, 4) is 5.75 Å². The summed E-state index contributed by atoms with van der Waals surface area (Å²) in [6.45, 7) is 1.97. The molecule has 1 aliphatic heterocycles. The molecule has 0 saturated carbocycles. The van der Waals surface area contributed by atoms with E-state index in [0.29, 0.717) is 22.3 Å². The van der Waals surface area contributed by atoms with Gasteiger partial charge in [-0.2, -0.15) is 0 Å². The highest BCUT2D eigenvalue weighted by Crippen LogP contribution is 2.37. The van der Waals surface area contributed by atoms with E-state index in [1.54, 1.807) is 7.11 Å². The number of nitrogens with zero attached hydrogens (tertiary/aromatic N) is 1. The fourth-order valence-electron chi connectivity index (χ4n) is 2.74. The molecule has 8 heteroatoms. The van der Waals surface area contributed by atoms with Gasteiger partial charge in [0.25, 0.3) is 5.56 Å². The lowest BCUT2D eigenvalue weighted by atomic mass is 9.87. The van der Waals surface area contributed by atoms with Crippen molar-refractivity contribution in [3.05, 3.63) is 44.2 Å². The van der Waals surface area contributed by atoms with Crippen LogP contribution < -0.4 is 15.6 Å². The SMILES string of the molecule is CCSc1nc2c(c(=O)[nH]1)[C@@H](c1ccc(OC)c(Br)c1)CC(=O)N2. The van der Waals surface area contributed by atoms with Crippen LogP contribution in [0.25, 0.3) is 0 Å². The molecule has 0 radical (unpaired) electrons. The topological polar surface area (TPSA) is 84.1 Å². The van der Waals surface area contributed by atoms with Gasteiger partial charge in [0, 0.05) is 12.3 Å². The van der Waals surface area contributed by atoms with E-state index in [-0.39, 0.29) is 23.8 Å². The lowest BCUT2D eigenvalue weighted by Gasteiger charge is -2.24. The molecule has 1 aromatic carbocycles. The summed E-state index contributed by atoms with van der Waals surface area (Å²) in [5, 5.41) is 3.23. The maximum absolute atomic E-state index is 12.6. The number of amides is 1. The first-order chi connectivity index (χ1) is 11.5. The first-order valence-electron chi connectivity index (χ1n) is 7.43. The number of carbonyl (C=O) groups excluding carboxylic acids is 1. The van der Waals surface area contributed by atoms with Gasteiger partial charge < -0.3 is 15.0 Å². The number of ether oxygens (including phenoxy) is 1. The minimum absolute atomic E-state index is 0.148. The fraction of sp³-hybridized carbons (Fsp3) is 0.312. The fourth-order valence-corrected chi connectivity index (χ4v) is 3.89. The number of nitrogens with one attached hydrogen (secondary N) is 2. The van der Waals surface area contributed by atoms with E-state index in [9.17, 15) is 9.59 Å². The first kappa shape index (κ1) is 17.0. The number of H-pyrrole nitrogens is 1. The van der Waals surface area contributed by atoms with Crippen molar-refractivity contribution >= 4 is 39.4 Å². The number of rotatable bonds is 4. The molecule has 0 aliphatic carbocycles. The van der Waals surface area contributed by atoms with Gasteiger partial charge in [0.15, 0.2) is 5.16 Å². The predicted molar refractivity (Wildman–Crippen MR) is 97.0 cm³/mol. The van der Waals surface area contributed by atoms with E-state index < -0.39 is 0 Å². The van der Waals surface area contributed by atoms with Crippen LogP contribution in [-0.2, 0) is 4.79 Å². The molecular formula is C16H16BrN3O3S. The summed E-state index contributed by atoms with van der Waals surface area (Å²) in [6.07, 6.45) is 0.205. The Morgan fingerprint density at radius 3 is 2.88 bits per heavy atom. The monoisotopic (exact) mass is 409 g/mol. The Morgan fingerprint density at radius 1 is 1.42 bits per heavy atom. The van der Waals surface area contributed by atoms with Crippen molar-refractivity contribution < 1.29 is 9.53 Å². The van der Waals surface area contributed by atoms with Crippen molar-refractivity contribution in [2.45, 2.75) is 24.4 Å². The molecule has 126 valence electrons. The van der Waals surface area contributed by atoms with E-state index in [4.69, 9.17) is 4.74 Å². The summed E-state index contributed by atoms with van der Waals surface area (Å²) >= 11 is 4.88. The lowest BCUT2D eigenvalue weighted by molar-refractivity contribution is -0.116. The smallest absolute Gasteiger partial charge is 0.257 e. The summed E-state index contributed by atoms with van der Waals surface area (Å²) in [6, 6.07) is 5.55. The average Bonchev–Trinajstić information content (AvgIpc) is 2.53. The van der Waals surface area contributed by atoms with Crippen molar-refractivity contribution in [1.82, 2.24) is 9.97 Å². The number of fused-ring (bicyclic) bond motifs is 1. The molecule has 2 heterocycles. The Labute approximate surface area is 151 Å². The van der Waals surface area contributed by atoms with Crippen LogP contribution in [0.5, 0.6) is 5.75 Å². The Morgan fingerprint density at radius 2 is 2.21 bits per heavy atom. The van der Waals surface area contributed by atoms with Crippen LogP contribution in [0.15, 0.2) is 32.6 Å².